The number of carbonyl (C=O) groups excluding carboxylic acids is 1. The van der Waals surface area contributed by atoms with Gasteiger partial charge in [-0.1, -0.05) is 6.07 Å². The molecule has 6 heteroatoms. The minimum absolute atomic E-state index is 0.0117. The van der Waals surface area contributed by atoms with Gasteiger partial charge in [-0.15, -0.1) is 0 Å². The number of anilines is 1. The molecule has 0 bridgehead atoms. The van der Waals surface area contributed by atoms with E-state index in [9.17, 15) is 14.9 Å². The standard InChI is InChI=1S/C11H13N3O3/c15-11(13-8-4-5-8)7-12-9-2-1-3-10(6-9)14(16)17/h1-3,6,8,12H,4-5,7H2,(H,13,15). The van der Waals surface area contributed by atoms with Crippen molar-refractivity contribution in [1.29, 1.82) is 0 Å². The van der Waals surface area contributed by atoms with Crippen molar-refractivity contribution >= 4 is 17.3 Å². The number of nitrogens with one attached hydrogen (secondary N) is 2. The first-order chi connectivity index (χ1) is 8.15. The highest BCUT2D eigenvalue weighted by Crippen LogP contribution is 2.19. The van der Waals surface area contributed by atoms with Crippen LogP contribution in [0.1, 0.15) is 12.8 Å². The Kier molecular flexibility index (Phi) is 3.22. The zero-order valence-electron chi connectivity index (χ0n) is 9.18. The van der Waals surface area contributed by atoms with Gasteiger partial charge >= 0.3 is 0 Å². The number of carbonyl (C=O) groups is 1. The van der Waals surface area contributed by atoms with E-state index in [0.717, 1.165) is 12.8 Å². The number of amides is 1. The Hall–Kier alpha value is -2.11. The van der Waals surface area contributed by atoms with Crippen molar-refractivity contribution in [2.75, 3.05) is 11.9 Å². The number of non-ortho nitro benzene ring substituents is 1. The number of hydrogen-bond donors (Lipinski definition) is 2. The van der Waals surface area contributed by atoms with Crippen molar-refractivity contribution in [3.8, 4) is 0 Å². The lowest BCUT2D eigenvalue weighted by Crippen LogP contribution is -2.31. The zero-order chi connectivity index (χ0) is 12.3. The molecule has 0 atom stereocenters. The van der Waals surface area contributed by atoms with Crippen LogP contribution >= 0.6 is 0 Å². The summed E-state index contributed by atoms with van der Waals surface area (Å²) in [6.45, 7) is 0.137. The fourth-order valence-corrected chi connectivity index (χ4v) is 1.42. The van der Waals surface area contributed by atoms with E-state index in [-0.39, 0.29) is 18.1 Å². The summed E-state index contributed by atoms with van der Waals surface area (Å²) in [4.78, 5) is 21.5. The Morgan fingerprint density at radius 2 is 2.24 bits per heavy atom. The zero-order valence-corrected chi connectivity index (χ0v) is 9.18. The summed E-state index contributed by atoms with van der Waals surface area (Å²) < 4.78 is 0. The molecule has 1 fully saturated rings. The second kappa shape index (κ2) is 4.82. The van der Waals surface area contributed by atoms with Gasteiger partial charge in [-0.2, -0.15) is 0 Å². The topological polar surface area (TPSA) is 84.3 Å². The van der Waals surface area contributed by atoms with Crippen LogP contribution < -0.4 is 10.6 Å². The number of hydrogen-bond acceptors (Lipinski definition) is 4. The lowest BCUT2D eigenvalue weighted by atomic mass is 10.3. The van der Waals surface area contributed by atoms with Gasteiger partial charge in [0.15, 0.2) is 0 Å². The van der Waals surface area contributed by atoms with Gasteiger partial charge in [0, 0.05) is 23.9 Å². The van der Waals surface area contributed by atoms with Gasteiger partial charge in [-0.25, -0.2) is 0 Å². The SMILES string of the molecule is O=C(CNc1cccc([N+](=O)[O-])c1)NC1CC1. The number of rotatable bonds is 5. The smallest absolute Gasteiger partial charge is 0.271 e. The predicted octanol–water partition coefficient (Wildman–Crippen LogP) is 1.29. The minimum atomic E-state index is -0.463. The highest BCUT2D eigenvalue weighted by molar-refractivity contribution is 5.81. The number of nitro benzene ring substituents is 1. The molecule has 2 N–H and O–H groups in total. The van der Waals surface area contributed by atoms with Crippen LogP contribution in [-0.4, -0.2) is 23.4 Å². The molecule has 0 heterocycles. The van der Waals surface area contributed by atoms with Crippen LogP contribution in [0.15, 0.2) is 24.3 Å². The van der Waals surface area contributed by atoms with E-state index in [1.807, 2.05) is 0 Å². The molecule has 1 aromatic rings. The normalized spacial score (nSPS) is 14.1. The van der Waals surface area contributed by atoms with Crippen LogP contribution in [0.2, 0.25) is 0 Å². The quantitative estimate of drug-likeness (QED) is 0.594. The molecule has 17 heavy (non-hydrogen) atoms. The Morgan fingerprint density at radius 1 is 1.47 bits per heavy atom. The van der Waals surface area contributed by atoms with Gasteiger partial charge in [0.25, 0.3) is 5.69 Å². The summed E-state index contributed by atoms with van der Waals surface area (Å²) in [6, 6.07) is 6.42. The highest BCUT2D eigenvalue weighted by Gasteiger charge is 2.22. The lowest BCUT2D eigenvalue weighted by Gasteiger charge is -2.06. The summed E-state index contributed by atoms with van der Waals surface area (Å²) in [5.41, 5.74) is 0.586. The maximum absolute atomic E-state index is 11.4. The van der Waals surface area contributed by atoms with Gasteiger partial charge in [0.05, 0.1) is 11.5 Å². The maximum Gasteiger partial charge on any atom is 0.271 e. The Morgan fingerprint density at radius 3 is 2.88 bits per heavy atom. The van der Waals surface area contributed by atoms with Crippen molar-refractivity contribution in [2.45, 2.75) is 18.9 Å². The second-order valence-corrected chi connectivity index (χ2v) is 4.00. The molecule has 0 aliphatic heterocycles. The summed E-state index contributed by atoms with van der Waals surface area (Å²) in [6.07, 6.45) is 2.09. The molecule has 0 unspecified atom stereocenters. The molecule has 0 radical (unpaired) electrons. The fraction of sp³-hybridized carbons (Fsp3) is 0.364. The average Bonchev–Trinajstić information content (AvgIpc) is 3.11. The summed E-state index contributed by atoms with van der Waals surface area (Å²) in [5, 5.41) is 16.2. The molecule has 1 saturated carbocycles. The number of benzene rings is 1. The summed E-state index contributed by atoms with van der Waals surface area (Å²) in [5.74, 6) is -0.0843. The van der Waals surface area contributed by atoms with E-state index < -0.39 is 4.92 Å². The third-order valence-electron chi connectivity index (χ3n) is 2.45. The molecule has 1 aliphatic carbocycles. The Bertz CT molecular complexity index is 443. The summed E-state index contributed by atoms with van der Waals surface area (Å²) in [7, 11) is 0. The van der Waals surface area contributed by atoms with Gasteiger partial charge in [0.1, 0.15) is 0 Å². The maximum atomic E-state index is 11.4. The Labute approximate surface area is 98.2 Å². The molecule has 2 rings (SSSR count). The largest absolute Gasteiger partial charge is 0.376 e. The fourth-order valence-electron chi connectivity index (χ4n) is 1.42. The van der Waals surface area contributed by atoms with Crippen LogP contribution in [0.4, 0.5) is 11.4 Å². The van der Waals surface area contributed by atoms with Gasteiger partial charge < -0.3 is 10.6 Å². The van der Waals surface area contributed by atoms with E-state index >= 15 is 0 Å². The van der Waals surface area contributed by atoms with Crippen molar-refractivity contribution in [2.24, 2.45) is 0 Å². The van der Waals surface area contributed by atoms with E-state index in [1.165, 1.54) is 12.1 Å². The van der Waals surface area contributed by atoms with Crippen LogP contribution in [0, 0.1) is 10.1 Å². The van der Waals surface area contributed by atoms with Crippen molar-refractivity contribution in [3.05, 3.63) is 34.4 Å². The van der Waals surface area contributed by atoms with Crippen LogP contribution in [-0.2, 0) is 4.79 Å². The first kappa shape index (κ1) is 11.4. The molecule has 1 amide bonds. The Balaban J connectivity index is 1.87. The van der Waals surface area contributed by atoms with Crippen LogP contribution in [0.5, 0.6) is 0 Å². The minimum Gasteiger partial charge on any atom is -0.376 e. The summed E-state index contributed by atoms with van der Waals surface area (Å²) >= 11 is 0. The molecular formula is C11H13N3O3. The third kappa shape index (κ3) is 3.44. The van der Waals surface area contributed by atoms with Gasteiger partial charge in [0.2, 0.25) is 5.91 Å². The monoisotopic (exact) mass is 235 g/mol. The lowest BCUT2D eigenvalue weighted by molar-refractivity contribution is -0.384. The van der Waals surface area contributed by atoms with Crippen molar-refractivity contribution < 1.29 is 9.72 Å². The van der Waals surface area contributed by atoms with Crippen molar-refractivity contribution in [1.82, 2.24) is 5.32 Å². The number of nitrogens with zero attached hydrogens (tertiary/aromatic N) is 1. The van der Waals surface area contributed by atoms with Crippen LogP contribution in [0.3, 0.4) is 0 Å². The molecule has 6 nitrogen and oxygen atoms in total. The molecule has 0 aromatic heterocycles. The predicted molar refractivity (Wildman–Crippen MR) is 62.8 cm³/mol. The van der Waals surface area contributed by atoms with E-state index in [1.54, 1.807) is 12.1 Å². The van der Waals surface area contributed by atoms with E-state index in [2.05, 4.69) is 10.6 Å². The first-order valence-corrected chi connectivity index (χ1v) is 5.43. The molecule has 0 spiro atoms. The second-order valence-electron chi connectivity index (χ2n) is 4.00. The highest BCUT2D eigenvalue weighted by atomic mass is 16.6. The molecule has 0 saturated heterocycles. The molecular weight excluding hydrogens is 222 g/mol. The van der Waals surface area contributed by atoms with E-state index in [0.29, 0.717) is 11.7 Å². The molecule has 1 aliphatic rings. The van der Waals surface area contributed by atoms with Crippen LogP contribution in [0.25, 0.3) is 0 Å². The molecule has 1 aromatic carbocycles. The number of nitro groups is 1. The van der Waals surface area contributed by atoms with E-state index in [4.69, 9.17) is 0 Å². The van der Waals surface area contributed by atoms with Gasteiger partial charge in [-0.05, 0) is 18.9 Å². The molecule has 90 valence electrons. The van der Waals surface area contributed by atoms with Gasteiger partial charge in [-0.3, -0.25) is 14.9 Å². The third-order valence-corrected chi connectivity index (χ3v) is 2.45. The average molecular weight is 235 g/mol. The first-order valence-electron chi connectivity index (χ1n) is 5.43. The van der Waals surface area contributed by atoms with Crippen molar-refractivity contribution in [3.63, 3.8) is 0 Å².